The summed E-state index contributed by atoms with van der Waals surface area (Å²) in [6.45, 7) is 0. The average molecular weight is 479 g/mol. The molecule has 2 heterocycles. The van der Waals surface area contributed by atoms with Gasteiger partial charge in [-0.3, -0.25) is 14.5 Å². The molecule has 1 N–H and O–H groups in total. The minimum Gasteiger partial charge on any atom is -0.355 e. The number of aromatic nitrogens is 1. The molecule has 1 saturated carbocycles. The first kappa shape index (κ1) is 20.0. The van der Waals surface area contributed by atoms with Crippen molar-refractivity contribution >= 4 is 40.5 Å². The SMILES string of the molecule is [2H]c1nc(C#N)c(C(F)(F)F)c([2H])c1N1C(=O)C2(CCC2)N(c2ccc(C(=O)NC)c(F)c2)C1=S. The van der Waals surface area contributed by atoms with E-state index in [1.54, 1.807) is 0 Å². The minimum absolute atomic E-state index is 0.0754. The van der Waals surface area contributed by atoms with E-state index < -0.39 is 58.5 Å². The first-order valence-corrected chi connectivity index (χ1v) is 9.98. The second-order valence-corrected chi connectivity index (χ2v) is 7.78. The summed E-state index contributed by atoms with van der Waals surface area (Å²) in [6, 6.07) is 3.45. The molecular formula is C21H15F4N5O2S. The van der Waals surface area contributed by atoms with Gasteiger partial charge in [-0.05, 0) is 55.7 Å². The second-order valence-electron chi connectivity index (χ2n) is 7.42. The number of anilines is 2. The van der Waals surface area contributed by atoms with Gasteiger partial charge in [-0.2, -0.15) is 18.4 Å². The Kier molecular flexibility index (Phi) is 4.72. The van der Waals surface area contributed by atoms with Crippen LogP contribution in [0.4, 0.5) is 28.9 Å². The number of thiocarbonyl (C=S) groups is 1. The van der Waals surface area contributed by atoms with E-state index in [1.807, 2.05) is 0 Å². The van der Waals surface area contributed by atoms with Gasteiger partial charge in [-0.15, -0.1) is 0 Å². The monoisotopic (exact) mass is 479 g/mol. The molecule has 1 aliphatic heterocycles. The third-order valence-corrected chi connectivity index (χ3v) is 6.01. The number of alkyl halides is 3. The summed E-state index contributed by atoms with van der Waals surface area (Å²) in [4.78, 5) is 30.6. The number of nitriles is 1. The molecule has 12 heteroatoms. The average Bonchev–Trinajstić information content (AvgIpc) is 2.99. The van der Waals surface area contributed by atoms with Crippen LogP contribution in [-0.4, -0.2) is 34.5 Å². The summed E-state index contributed by atoms with van der Waals surface area (Å²) < 4.78 is 71.8. The van der Waals surface area contributed by atoms with Gasteiger partial charge in [0.05, 0.1) is 25.7 Å². The van der Waals surface area contributed by atoms with Gasteiger partial charge >= 0.3 is 6.18 Å². The summed E-state index contributed by atoms with van der Waals surface area (Å²) in [7, 11) is 1.32. The highest BCUT2D eigenvalue weighted by atomic mass is 32.1. The Morgan fingerprint density at radius 2 is 2.06 bits per heavy atom. The molecule has 2 fully saturated rings. The Hall–Kier alpha value is -3.59. The number of rotatable bonds is 3. The van der Waals surface area contributed by atoms with Crippen molar-refractivity contribution in [3.05, 3.63) is 53.1 Å². The molecule has 2 amide bonds. The predicted molar refractivity (Wildman–Crippen MR) is 113 cm³/mol. The topological polar surface area (TPSA) is 89.3 Å². The Bertz CT molecular complexity index is 1340. The fraction of sp³-hybridized carbons (Fsp3) is 0.286. The molecular weight excluding hydrogens is 462 g/mol. The number of carbonyl (C=O) groups is 2. The van der Waals surface area contributed by atoms with Crippen LogP contribution in [0, 0.1) is 17.1 Å². The van der Waals surface area contributed by atoms with Gasteiger partial charge in [0, 0.05) is 12.7 Å². The molecule has 7 nitrogen and oxygen atoms in total. The Morgan fingerprint density at radius 3 is 2.58 bits per heavy atom. The molecule has 2 aromatic rings. The molecule has 2 aliphatic rings. The van der Waals surface area contributed by atoms with Crippen molar-refractivity contribution in [3.63, 3.8) is 0 Å². The van der Waals surface area contributed by atoms with E-state index >= 15 is 0 Å². The van der Waals surface area contributed by atoms with Gasteiger partial charge in [-0.25, -0.2) is 9.37 Å². The zero-order valence-electron chi connectivity index (χ0n) is 18.9. The van der Waals surface area contributed by atoms with Crippen molar-refractivity contribution in [2.75, 3.05) is 16.8 Å². The maximum atomic E-state index is 14.7. The van der Waals surface area contributed by atoms with Crippen LogP contribution in [0.5, 0.6) is 0 Å². The number of hydrogen-bond acceptors (Lipinski definition) is 5. The molecule has 170 valence electrons. The Balaban J connectivity index is 1.89. The minimum atomic E-state index is -5.16. The lowest BCUT2D eigenvalue weighted by Gasteiger charge is -2.43. The molecule has 1 spiro atoms. The standard InChI is InChI=1S/C21H15F4N5O2S/c1-27-17(31)13-4-3-11(8-15(13)22)30-19(33)29(18(32)20(30)5-2-6-20)12-7-14(21(23,24)25)16(9-26)28-10-12/h3-4,7-8,10H,2,5-6H2,1H3,(H,27,31)/i7D,10D. The summed E-state index contributed by atoms with van der Waals surface area (Å²) >= 11 is 5.41. The van der Waals surface area contributed by atoms with Crippen molar-refractivity contribution in [2.24, 2.45) is 0 Å². The molecule has 1 saturated heterocycles. The number of pyridine rings is 1. The smallest absolute Gasteiger partial charge is 0.355 e. The molecule has 0 radical (unpaired) electrons. The van der Waals surface area contributed by atoms with Crippen LogP contribution in [0.15, 0.2) is 30.4 Å². The number of nitrogens with zero attached hydrogens (tertiary/aromatic N) is 4. The number of amides is 2. The first-order valence-electron chi connectivity index (χ1n) is 10.6. The van der Waals surface area contributed by atoms with Crippen molar-refractivity contribution in [3.8, 4) is 6.07 Å². The summed E-state index contributed by atoms with van der Waals surface area (Å²) in [5.41, 5.74) is -5.22. The maximum absolute atomic E-state index is 14.7. The van der Waals surface area contributed by atoms with Crippen molar-refractivity contribution in [1.82, 2.24) is 10.3 Å². The van der Waals surface area contributed by atoms with Crippen molar-refractivity contribution in [2.45, 2.75) is 31.0 Å². The summed E-state index contributed by atoms with van der Waals surface area (Å²) in [5, 5.41) is 11.0. The number of halogens is 4. The predicted octanol–water partition coefficient (Wildman–Crippen LogP) is 3.53. The van der Waals surface area contributed by atoms with Gasteiger partial charge in [0.1, 0.15) is 17.4 Å². The highest BCUT2D eigenvalue weighted by Crippen LogP contribution is 2.48. The normalized spacial score (nSPS) is 18.1. The molecule has 0 unspecified atom stereocenters. The van der Waals surface area contributed by atoms with E-state index in [0.29, 0.717) is 11.3 Å². The summed E-state index contributed by atoms with van der Waals surface area (Å²) in [5.74, 6) is -2.38. The summed E-state index contributed by atoms with van der Waals surface area (Å²) in [6.07, 6.45) is -5.03. The number of carbonyl (C=O) groups excluding carboxylic acids is 2. The van der Waals surface area contributed by atoms with Crippen molar-refractivity contribution < 1.29 is 29.9 Å². The van der Waals surface area contributed by atoms with Crippen LogP contribution < -0.4 is 15.1 Å². The first-order chi connectivity index (χ1) is 16.4. The quantitative estimate of drug-likeness (QED) is 0.535. The molecule has 1 aromatic carbocycles. The van der Waals surface area contributed by atoms with Gasteiger partial charge in [0.25, 0.3) is 11.8 Å². The fourth-order valence-electron chi connectivity index (χ4n) is 3.90. The van der Waals surface area contributed by atoms with Gasteiger partial charge in [-0.1, -0.05) is 0 Å². The van der Waals surface area contributed by atoms with Crippen molar-refractivity contribution in [1.29, 1.82) is 5.26 Å². The third kappa shape index (κ3) is 3.39. The van der Waals surface area contributed by atoms with Gasteiger partial charge < -0.3 is 10.2 Å². The lowest BCUT2D eigenvalue weighted by molar-refractivity contribution is -0.138. The van der Waals surface area contributed by atoms with Crippen LogP contribution in [0.2, 0.25) is 0 Å². The molecule has 0 atom stereocenters. The molecule has 1 aromatic heterocycles. The number of nitrogens with one attached hydrogen (secondary N) is 1. The van der Waals surface area contributed by atoms with E-state index in [4.69, 9.17) is 20.2 Å². The van der Waals surface area contributed by atoms with Crippen LogP contribution >= 0.6 is 12.2 Å². The van der Waals surface area contributed by atoms with Crippen LogP contribution in [0.25, 0.3) is 0 Å². The lowest BCUT2D eigenvalue weighted by Crippen LogP contribution is -2.55. The van der Waals surface area contributed by atoms with E-state index in [2.05, 4.69) is 10.3 Å². The lowest BCUT2D eigenvalue weighted by atomic mass is 9.75. The van der Waals surface area contributed by atoms with Crippen LogP contribution in [-0.2, 0) is 11.0 Å². The number of hydrogen-bond donors (Lipinski definition) is 1. The highest BCUT2D eigenvalue weighted by molar-refractivity contribution is 7.81. The van der Waals surface area contributed by atoms with Crippen LogP contribution in [0.1, 0.15) is 43.6 Å². The van der Waals surface area contributed by atoms with E-state index in [0.717, 1.165) is 6.07 Å². The van der Waals surface area contributed by atoms with E-state index in [9.17, 15) is 27.2 Å². The molecule has 1 aliphatic carbocycles. The third-order valence-electron chi connectivity index (χ3n) is 5.64. The highest BCUT2D eigenvalue weighted by Gasteiger charge is 2.59. The van der Waals surface area contributed by atoms with Gasteiger partial charge in [0.2, 0.25) is 0 Å². The fourth-order valence-corrected chi connectivity index (χ4v) is 4.36. The largest absolute Gasteiger partial charge is 0.419 e. The molecule has 4 rings (SSSR count). The Morgan fingerprint density at radius 1 is 1.36 bits per heavy atom. The zero-order valence-corrected chi connectivity index (χ0v) is 17.7. The molecule has 33 heavy (non-hydrogen) atoms. The second kappa shape index (κ2) is 7.77. The van der Waals surface area contributed by atoms with E-state index in [1.165, 1.54) is 30.1 Å². The van der Waals surface area contributed by atoms with E-state index in [-0.39, 0.29) is 29.2 Å². The maximum Gasteiger partial charge on any atom is 0.419 e. The van der Waals surface area contributed by atoms with Crippen LogP contribution in [0.3, 0.4) is 0 Å². The number of benzene rings is 1. The van der Waals surface area contributed by atoms with Gasteiger partial charge in [0.15, 0.2) is 10.8 Å². The Labute approximate surface area is 193 Å². The zero-order chi connectivity index (χ0) is 25.9. The molecule has 0 bridgehead atoms.